The van der Waals surface area contributed by atoms with E-state index in [4.69, 9.17) is 32.7 Å². The Morgan fingerprint density at radius 1 is 0.882 bits per heavy atom. The second kappa shape index (κ2) is 9.99. The predicted octanol–water partition coefficient (Wildman–Crippen LogP) is 5.25. The van der Waals surface area contributed by atoms with Crippen molar-refractivity contribution in [3.05, 3.63) is 93.5 Å². The van der Waals surface area contributed by atoms with Gasteiger partial charge in [-0.3, -0.25) is 14.9 Å². The van der Waals surface area contributed by atoms with Gasteiger partial charge in [0.05, 0.1) is 12.8 Å². The van der Waals surface area contributed by atoms with E-state index in [2.05, 4.69) is 5.32 Å². The molecule has 0 saturated carbocycles. The number of anilines is 1. The third-order valence-corrected chi connectivity index (χ3v) is 5.50. The van der Waals surface area contributed by atoms with Crippen LogP contribution in [-0.4, -0.2) is 25.0 Å². The number of urea groups is 1. The molecule has 0 spiro atoms. The Balaban J connectivity index is 1.58. The zero-order chi connectivity index (χ0) is 24.2. The monoisotopic (exact) mass is 496 g/mol. The minimum Gasteiger partial charge on any atom is -0.493 e. The number of halogens is 2. The molecule has 0 aromatic heterocycles. The summed E-state index contributed by atoms with van der Waals surface area (Å²) in [6, 6.07) is 17.5. The summed E-state index contributed by atoms with van der Waals surface area (Å²) in [5, 5.41) is 3.27. The fraction of sp³-hybridized carbons (Fsp3) is 0.0800. The summed E-state index contributed by atoms with van der Waals surface area (Å²) in [4.78, 5) is 38.6. The molecule has 1 fully saturated rings. The molecule has 1 aliphatic heterocycles. The van der Waals surface area contributed by atoms with Gasteiger partial charge in [0.15, 0.2) is 11.5 Å². The Kier molecular flexibility index (Phi) is 6.86. The number of amides is 4. The van der Waals surface area contributed by atoms with Crippen molar-refractivity contribution in [2.45, 2.75) is 6.61 Å². The Morgan fingerprint density at radius 2 is 1.53 bits per heavy atom. The van der Waals surface area contributed by atoms with E-state index in [0.717, 1.165) is 10.5 Å². The van der Waals surface area contributed by atoms with Gasteiger partial charge in [0.25, 0.3) is 11.8 Å². The van der Waals surface area contributed by atoms with Crippen molar-refractivity contribution in [1.29, 1.82) is 0 Å². The molecule has 3 aromatic rings. The second-order valence-corrected chi connectivity index (χ2v) is 8.13. The lowest BCUT2D eigenvalue weighted by molar-refractivity contribution is -0.122. The van der Waals surface area contributed by atoms with Gasteiger partial charge in [-0.05, 0) is 65.7 Å². The molecule has 172 valence electrons. The molecule has 3 aromatic carbocycles. The average Bonchev–Trinajstić information content (AvgIpc) is 2.83. The summed E-state index contributed by atoms with van der Waals surface area (Å²) in [5.41, 5.74) is 1.52. The van der Waals surface area contributed by atoms with Crippen molar-refractivity contribution < 1.29 is 23.9 Å². The standard InChI is InChI=1S/C25H18Cl2N2O5/c1-33-22-13-16(4-11-21(22)34-14-15-2-5-17(26)6-3-15)12-20-23(30)28-25(32)29(24(20)31)19-9-7-18(27)8-10-19/h2-13H,14H2,1H3,(H,28,30,32)/b20-12-. The number of hydrogen-bond donors (Lipinski definition) is 1. The number of methoxy groups -OCH3 is 1. The summed E-state index contributed by atoms with van der Waals surface area (Å²) < 4.78 is 11.3. The van der Waals surface area contributed by atoms with E-state index in [1.54, 1.807) is 42.5 Å². The van der Waals surface area contributed by atoms with Crippen LogP contribution in [0.2, 0.25) is 10.0 Å². The van der Waals surface area contributed by atoms with Gasteiger partial charge in [-0.2, -0.15) is 0 Å². The van der Waals surface area contributed by atoms with Gasteiger partial charge in [-0.15, -0.1) is 0 Å². The molecule has 9 heteroatoms. The molecule has 1 heterocycles. The number of nitrogens with one attached hydrogen (secondary N) is 1. The van der Waals surface area contributed by atoms with Crippen LogP contribution in [0.15, 0.2) is 72.3 Å². The van der Waals surface area contributed by atoms with E-state index in [0.29, 0.717) is 33.7 Å². The fourth-order valence-corrected chi connectivity index (χ4v) is 3.54. The molecule has 4 amide bonds. The zero-order valence-electron chi connectivity index (χ0n) is 17.9. The maximum absolute atomic E-state index is 13.0. The lowest BCUT2D eigenvalue weighted by atomic mass is 10.1. The van der Waals surface area contributed by atoms with Crippen LogP contribution in [0.1, 0.15) is 11.1 Å². The van der Waals surface area contributed by atoms with Crippen LogP contribution in [0.4, 0.5) is 10.5 Å². The van der Waals surface area contributed by atoms with E-state index in [1.807, 2.05) is 12.1 Å². The maximum atomic E-state index is 13.0. The molecule has 7 nitrogen and oxygen atoms in total. The van der Waals surface area contributed by atoms with Crippen molar-refractivity contribution in [3.63, 3.8) is 0 Å². The summed E-state index contributed by atoms with van der Waals surface area (Å²) in [5.74, 6) is -0.644. The predicted molar refractivity (Wildman–Crippen MR) is 129 cm³/mol. The van der Waals surface area contributed by atoms with Crippen LogP contribution in [0.3, 0.4) is 0 Å². The molecule has 1 saturated heterocycles. The van der Waals surface area contributed by atoms with Crippen LogP contribution < -0.4 is 19.7 Å². The minimum atomic E-state index is -0.835. The average molecular weight is 497 g/mol. The van der Waals surface area contributed by atoms with Crippen LogP contribution >= 0.6 is 23.2 Å². The molecule has 1 N–H and O–H groups in total. The summed E-state index contributed by atoms with van der Waals surface area (Å²) in [7, 11) is 1.49. The van der Waals surface area contributed by atoms with Crippen LogP contribution in [-0.2, 0) is 16.2 Å². The van der Waals surface area contributed by atoms with Gasteiger partial charge < -0.3 is 9.47 Å². The number of barbiturate groups is 1. The van der Waals surface area contributed by atoms with Gasteiger partial charge in [-0.1, -0.05) is 41.4 Å². The summed E-state index contributed by atoms with van der Waals surface area (Å²) in [6.45, 7) is 0.299. The normalized spacial score (nSPS) is 14.9. The minimum absolute atomic E-state index is 0.202. The second-order valence-electron chi connectivity index (χ2n) is 7.26. The maximum Gasteiger partial charge on any atom is 0.335 e. The van der Waals surface area contributed by atoms with Crippen molar-refractivity contribution in [2.75, 3.05) is 12.0 Å². The molecule has 0 bridgehead atoms. The first kappa shape index (κ1) is 23.4. The Morgan fingerprint density at radius 3 is 2.18 bits per heavy atom. The summed E-state index contributed by atoms with van der Waals surface area (Å²) >= 11 is 11.8. The van der Waals surface area contributed by atoms with E-state index in [1.165, 1.54) is 25.3 Å². The van der Waals surface area contributed by atoms with Crippen molar-refractivity contribution >= 4 is 52.8 Å². The number of benzene rings is 3. The topological polar surface area (TPSA) is 84.9 Å². The van der Waals surface area contributed by atoms with Crippen molar-refractivity contribution in [1.82, 2.24) is 5.32 Å². The Bertz CT molecular complexity index is 1290. The molecule has 0 unspecified atom stereocenters. The lowest BCUT2D eigenvalue weighted by Gasteiger charge is -2.26. The van der Waals surface area contributed by atoms with E-state index >= 15 is 0 Å². The Labute approximate surface area is 205 Å². The number of carbonyl (C=O) groups is 3. The molecular weight excluding hydrogens is 479 g/mol. The van der Waals surface area contributed by atoms with Gasteiger partial charge in [-0.25, -0.2) is 9.69 Å². The smallest absolute Gasteiger partial charge is 0.335 e. The van der Waals surface area contributed by atoms with Gasteiger partial charge >= 0.3 is 6.03 Å². The SMILES string of the molecule is COc1cc(/C=C2/C(=O)NC(=O)N(c3ccc(Cl)cc3)C2=O)ccc1OCc1ccc(Cl)cc1. The van der Waals surface area contributed by atoms with E-state index in [9.17, 15) is 14.4 Å². The number of carbonyl (C=O) groups excluding carboxylic acids is 3. The van der Waals surface area contributed by atoms with Gasteiger partial charge in [0.1, 0.15) is 12.2 Å². The molecule has 0 atom stereocenters. The number of rotatable bonds is 6. The number of hydrogen-bond acceptors (Lipinski definition) is 5. The van der Waals surface area contributed by atoms with Gasteiger partial charge in [0.2, 0.25) is 0 Å². The highest BCUT2D eigenvalue weighted by Gasteiger charge is 2.36. The molecule has 34 heavy (non-hydrogen) atoms. The Hall–Kier alpha value is -3.81. The van der Waals surface area contributed by atoms with Crippen LogP contribution in [0.5, 0.6) is 11.5 Å². The third kappa shape index (κ3) is 5.06. The molecule has 0 radical (unpaired) electrons. The van der Waals surface area contributed by atoms with Crippen molar-refractivity contribution in [2.24, 2.45) is 0 Å². The van der Waals surface area contributed by atoms with Crippen molar-refractivity contribution in [3.8, 4) is 11.5 Å². The fourth-order valence-electron chi connectivity index (χ4n) is 3.28. The van der Waals surface area contributed by atoms with E-state index in [-0.39, 0.29) is 11.3 Å². The van der Waals surface area contributed by atoms with Crippen LogP contribution in [0, 0.1) is 0 Å². The molecule has 1 aliphatic rings. The largest absolute Gasteiger partial charge is 0.493 e. The van der Waals surface area contributed by atoms with Gasteiger partial charge in [0, 0.05) is 10.0 Å². The third-order valence-electron chi connectivity index (χ3n) is 4.99. The zero-order valence-corrected chi connectivity index (χ0v) is 19.4. The molecular formula is C25H18Cl2N2O5. The quantitative estimate of drug-likeness (QED) is 0.372. The lowest BCUT2D eigenvalue weighted by Crippen LogP contribution is -2.54. The first-order chi connectivity index (χ1) is 16.4. The summed E-state index contributed by atoms with van der Waals surface area (Å²) in [6.07, 6.45) is 1.39. The highest BCUT2D eigenvalue weighted by molar-refractivity contribution is 6.39. The molecule has 0 aliphatic carbocycles. The first-order valence-electron chi connectivity index (χ1n) is 10.1. The van der Waals surface area contributed by atoms with Crippen LogP contribution in [0.25, 0.3) is 6.08 Å². The number of ether oxygens (including phenoxy) is 2. The number of nitrogens with zero attached hydrogens (tertiary/aromatic N) is 1. The highest BCUT2D eigenvalue weighted by Crippen LogP contribution is 2.31. The number of imide groups is 2. The van der Waals surface area contributed by atoms with E-state index < -0.39 is 17.8 Å². The first-order valence-corrected chi connectivity index (χ1v) is 10.8. The molecule has 4 rings (SSSR count). The highest BCUT2D eigenvalue weighted by atomic mass is 35.5.